The summed E-state index contributed by atoms with van der Waals surface area (Å²) in [5, 5.41) is 1.38. The summed E-state index contributed by atoms with van der Waals surface area (Å²) in [4.78, 5) is 0. The van der Waals surface area contributed by atoms with Gasteiger partial charge in [-0.15, -0.1) is 0 Å². The summed E-state index contributed by atoms with van der Waals surface area (Å²) in [6.45, 7) is 7.53. The Morgan fingerprint density at radius 3 is 2.31 bits per heavy atom. The molecule has 0 aliphatic rings. The monoisotopic (exact) mass is 194 g/mol. The first-order valence-electron chi connectivity index (χ1n) is 4.86. The molecule has 0 saturated carbocycles. The Hall–Kier alpha value is -0.603. The molecule has 1 aromatic rings. The molecule has 0 fully saturated rings. The number of hydrogen-bond donors (Lipinski definition) is 0. The molecule has 0 bridgehead atoms. The highest BCUT2D eigenvalue weighted by Gasteiger charge is 2.23. The first kappa shape index (κ1) is 10.5. The van der Waals surface area contributed by atoms with E-state index >= 15 is 0 Å². The molecule has 0 atom stereocenters. The van der Waals surface area contributed by atoms with Gasteiger partial charge in [0.05, 0.1) is 0 Å². The van der Waals surface area contributed by atoms with E-state index in [4.69, 9.17) is 4.43 Å². The van der Waals surface area contributed by atoms with Gasteiger partial charge in [-0.25, -0.2) is 0 Å². The highest BCUT2D eigenvalue weighted by Crippen LogP contribution is 2.05. The molecule has 1 aromatic carbocycles. The summed E-state index contributed by atoms with van der Waals surface area (Å²) < 4.78 is 5.90. The Bertz CT molecular complexity index is 244. The second-order valence-electron chi connectivity index (χ2n) is 3.72. The second kappa shape index (κ2) is 4.58. The maximum absolute atomic E-state index is 5.90. The van der Waals surface area contributed by atoms with Crippen LogP contribution < -0.4 is 5.19 Å². The fourth-order valence-corrected chi connectivity index (χ4v) is 3.16. The van der Waals surface area contributed by atoms with E-state index in [1.165, 1.54) is 5.19 Å². The van der Waals surface area contributed by atoms with Crippen molar-refractivity contribution in [2.75, 3.05) is 6.61 Å². The van der Waals surface area contributed by atoms with E-state index in [2.05, 4.69) is 44.3 Å². The molecule has 0 aliphatic carbocycles. The summed E-state index contributed by atoms with van der Waals surface area (Å²) in [7, 11) is -1.60. The lowest BCUT2D eigenvalue weighted by atomic mass is 10.4. The lowest BCUT2D eigenvalue weighted by Gasteiger charge is -2.22. The van der Waals surface area contributed by atoms with Crippen molar-refractivity contribution < 1.29 is 4.43 Å². The third kappa shape index (κ3) is 2.97. The SMILES string of the molecule is CCCO[Si](C)(C)c1ccccc1. The highest BCUT2D eigenvalue weighted by atomic mass is 28.4. The van der Waals surface area contributed by atoms with Gasteiger partial charge in [-0.2, -0.15) is 0 Å². The number of rotatable bonds is 4. The van der Waals surface area contributed by atoms with E-state index in [-0.39, 0.29) is 0 Å². The molecule has 72 valence electrons. The fraction of sp³-hybridized carbons (Fsp3) is 0.455. The molecule has 0 amide bonds. The zero-order valence-electron chi connectivity index (χ0n) is 8.71. The Labute approximate surface area is 81.9 Å². The third-order valence-electron chi connectivity index (χ3n) is 2.14. The van der Waals surface area contributed by atoms with Gasteiger partial charge in [0.15, 0.2) is 0 Å². The maximum atomic E-state index is 5.90. The quantitative estimate of drug-likeness (QED) is 0.669. The molecule has 0 aromatic heterocycles. The Balaban J connectivity index is 2.69. The Morgan fingerprint density at radius 1 is 1.15 bits per heavy atom. The molecule has 0 unspecified atom stereocenters. The normalized spacial score (nSPS) is 11.6. The van der Waals surface area contributed by atoms with E-state index in [1.807, 2.05) is 6.07 Å². The van der Waals surface area contributed by atoms with Gasteiger partial charge in [0.2, 0.25) is 8.32 Å². The summed E-state index contributed by atoms with van der Waals surface area (Å²) in [6.07, 6.45) is 1.10. The van der Waals surface area contributed by atoms with Crippen LogP contribution in [0.3, 0.4) is 0 Å². The fourth-order valence-electron chi connectivity index (χ4n) is 1.28. The van der Waals surface area contributed by atoms with Crippen LogP contribution in [-0.4, -0.2) is 14.9 Å². The molecule has 0 saturated heterocycles. The second-order valence-corrected chi connectivity index (χ2v) is 7.61. The van der Waals surface area contributed by atoms with Crippen molar-refractivity contribution in [3.8, 4) is 0 Å². The van der Waals surface area contributed by atoms with Crippen molar-refractivity contribution in [3.63, 3.8) is 0 Å². The van der Waals surface area contributed by atoms with E-state index in [0.29, 0.717) is 0 Å². The van der Waals surface area contributed by atoms with E-state index in [1.54, 1.807) is 0 Å². The highest BCUT2D eigenvalue weighted by molar-refractivity contribution is 6.84. The van der Waals surface area contributed by atoms with Gasteiger partial charge < -0.3 is 4.43 Å². The molecule has 2 heteroatoms. The largest absolute Gasteiger partial charge is 0.413 e. The van der Waals surface area contributed by atoms with Crippen molar-refractivity contribution >= 4 is 13.5 Å². The van der Waals surface area contributed by atoms with E-state index in [0.717, 1.165) is 13.0 Å². The van der Waals surface area contributed by atoms with Crippen LogP contribution in [0.1, 0.15) is 13.3 Å². The lowest BCUT2D eigenvalue weighted by Crippen LogP contribution is -2.44. The van der Waals surface area contributed by atoms with Crippen LogP contribution in [0.15, 0.2) is 30.3 Å². The first-order valence-corrected chi connectivity index (χ1v) is 7.77. The van der Waals surface area contributed by atoms with Gasteiger partial charge in [-0.3, -0.25) is 0 Å². The van der Waals surface area contributed by atoms with Crippen molar-refractivity contribution in [3.05, 3.63) is 30.3 Å². The average molecular weight is 194 g/mol. The van der Waals surface area contributed by atoms with Crippen LogP contribution in [-0.2, 0) is 4.43 Å². The molecule has 0 spiro atoms. The van der Waals surface area contributed by atoms with Crippen LogP contribution in [0.2, 0.25) is 13.1 Å². The van der Waals surface area contributed by atoms with Crippen LogP contribution in [0.4, 0.5) is 0 Å². The smallest absolute Gasteiger partial charge is 0.218 e. The van der Waals surface area contributed by atoms with Crippen LogP contribution >= 0.6 is 0 Å². The summed E-state index contributed by atoms with van der Waals surface area (Å²) in [5.74, 6) is 0. The minimum atomic E-state index is -1.60. The Kier molecular flexibility index (Phi) is 3.69. The van der Waals surface area contributed by atoms with E-state index < -0.39 is 8.32 Å². The third-order valence-corrected chi connectivity index (χ3v) is 4.79. The van der Waals surface area contributed by atoms with Gasteiger partial charge >= 0.3 is 0 Å². The van der Waals surface area contributed by atoms with Gasteiger partial charge in [0, 0.05) is 6.61 Å². The maximum Gasteiger partial charge on any atom is 0.218 e. The van der Waals surface area contributed by atoms with Crippen molar-refractivity contribution in [1.29, 1.82) is 0 Å². The molecular weight excluding hydrogens is 176 g/mol. The Morgan fingerprint density at radius 2 is 1.77 bits per heavy atom. The van der Waals surface area contributed by atoms with Gasteiger partial charge in [0.25, 0.3) is 0 Å². The van der Waals surface area contributed by atoms with Crippen LogP contribution in [0, 0.1) is 0 Å². The minimum absolute atomic E-state index is 0.883. The summed E-state index contributed by atoms with van der Waals surface area (Å²) in [5.41, 5.74) is 0. The average Bonchev–Trinajstić information content (AvgIpc) is 2.16. The molecule has 1 rings (SSSR count). The van der Waals surface area contributed by atoms with E-state index in [9.17, 15) is 0 Å². The zero-order chi connectivity index (χ0) is 9.73. The molecule has 0 heterocycles. The van der Waals surface area contributed by atoms with Gasteiger partial charge in [-0.1, -0.05) is 37.3 Å². The zero-order valence-corrected chi connectivity index (χ0v) is 9.71. The van der Waals surface area contributed by atoms with Crippen molar-refractivity contribution in [1.82, 2.24) is 0 Å². The molecule has 0 N–H and O–H groups in total. The lowest BCUT2D eigenvalue weighted by molar-refractivity contribution is 0.315. The molecule has 1 nitrogen and oxygen atoms in total. The predicted octanol–water partition coefficient (Wildman–Crippen LogP) is 2.53. The number of benzene rings is 1. The van der Waals surface area contributed by atoms with Gasteiger partial charge in [0.1, 0.15) is 0 Å². The molecule has 0 aliphatic heterocycles. The summed E-state index contributed by atoms with van der Waals surface area (Å²) >= 11 is 0. The standard InChI is InChI=1S/C11H18OSi/c1-4-10-12-13(2,3)11-8-6-5-7-9-11/h5-9H,4,10H2,1-3H3. The molecular formula is C11H18OSi. The number of hydrogen-bond acceptors (Lipinski definition) is 1. The molecule has 0 radical (unpaired) electrons. The molecule has 13 heavy (non-hydrogen) atoms. The topological polar surface area (TPSA) is 9.23 Å². The van der Waals surface area contributed by atoms with Crippen molar-refractivity contribution in [2.45, 2.75) is 26.4 Å². The van der Waals surface area contributed by atoms with Crippen LogP contribution in [0.5, 0.6) is 0 Å². The summed E-state index contributed by atoms with van der Waals surface area (Å²) in [6, 6.07) is 10.6. The van der Waals surface area contributed by atoms with Crippen LogP contribution in [0.25, 0.3) is 0 Å². The minimum Gasteiger partial charge on any atom is -0.413 e. The first-order chi connectivity index (χ1) is 6.17. The van der Waals surface area contributed by atoms with Gasteiger partial charge in [-0.05, 0) is 24.7 Å². The van der Waals surface area contributed by atoms with Crippen molar-refractivity contribution in [2.24, 2.45) is 0 Å². The predicted molar refractivity (Wildman–Crippen MR) is 59.8 cm³/mol.